The second-order valence-corrected chi connectivity index (χ2v) is 2.19. The zero-order valence-corrected chi connectivity index (χ0v) is 6.20. The molecule has 1 aromatic heterocycles. The fourth-order valence-corrected chi connectivity index (χ4v) is 0.876. The Bertz CT molecular complexity index is 367. The summed E-state index contributed by atoms with van der Waals surface area (Å²) < 4.78 is 12.9. The first-order valence-electron chi connectivity index (χ1n) is 3.06. The van der Waals surface area contributed by atoms with Crippen molar-refractivity contribution in [3.63, 3.8) is 0 Å². The number of rotatable bonds is 2. The van der Waals surface area contributed by atoms with Gasteiger partial charge in [-0.3, -0.25) is 20.0 Å². The Morgan fingerprint density at radius 2 is 2.33 bits per heavy atom. The van der Waals surface area contributed by atoms with Crippen LogP contribution in [-0.4, -0.2) is 14.7 Å². The third kappa shape index (κ3) is 1.09. The molecule has 0 fully saturated rings. The normalized spacial score (nSPS) is 10.2. The number of aromatic amines is 1. The molecule has 12 heavy (non-hydrogen) atoms. The van der Waals surface area contributed by atoms with Gasteiger partial charge in [0.05, 0.1) is 4.92 Å². The van der Waals surface area contributed by atoms with Crippen LogP contribution in [0.25, 0.3) is 0 Å². The molecule has 0 bridgehead atoms. The van der Waals surface area contributed by atoms with Crippen molar-refractivity contribution in [1.29, 1.82) is 0 Å². The highest BCUT2D eigenvalue weighted by Crippen LogP contribution is 2.10. The number of nitrogens with zero attached hydrogens (tertiary/aromatic N) is 2. The molecule has 0 saturated heterocycles. The van der Waals surface area contributed by atoms with Gasteiger partial charge in [0.1, 0.15) is 12.4 Å². The summed E-state index contributed by atoms with van der Waals surface area (Å²) in [5.74, 6) is 0. The van der Waals surface area contributed by atoms with E-state index in [2.05, 4.69) is 5.10 Å². The molecule has 1 N–H and O–H groups in total. The van der Waals surface area contributed by atoms with Gasteiger partial charge in [0.15, 0.2) is 0 Å². The number of H-pyrrole nitrogens is 1. The van der Waals surface area contributed by atoms with Gasteiger partial charge in [-0.1, -0.05) is 0 Å². The predicted octanol–water partition coefficient (Wildman–Crippen LogP) is 0.0911. The summed E-state index contributed by atoms with van der Waals surface area (Å²) in [5, 5.41) is 12.5. The van der Waals surface area contributed by atoms with E-state index in [1.54, 1.807) is 0 Å². The van der Waals surface area contributed by atoms with Gasteiger partial charge < -0.3 is 0 Å². The average Bonchev–Trinajstić information content (AvgIpc) is 2.28. The number of hydrogen-bond acceptors (Lipinski definition) is 3. The van der Waals surface area contributed by atoms with Crippen molar-refractivity contribution in [2.45, 2.75) is 6.67 Å². The molecule has 0 amide bonds. The third-order valence-electron chi connectivity index (χ3n) is 1.41. The van der Waals surface area contributed by atoms with Crippen molar-refractivity contribution in [1.82, 2.24) is 9.78 Å². The molecular weight excluding hydrogens is 169 g/mol. The Morgan fingerprint density at radius 1 is 1.75 bits per heavy atom. The van der Waals surface area contributed by atoms with Crippen LogP contribution in [0.3, 0.4) is 0 Å². The number of halogens is 1. The monoisotopic (exact) mass is 175 g/mol. The average molecular weight is 175 g/mol. The third-order valence-corrected chi connectivity index (χ3v) is 1.41. The summed E-state index contributed by atoms with van der Waals surface area (Å²) in [6.45, 7) is -1.05. The number of alkyl halides is 1. The summed E-state index contributed by atoms with van der Waals surface area (Å²) in [4.78, 5) is 20.2. The lowest BCUT2D eigenvalue weighted by Gasteiger charge is -1.85. The standard InChI is InChI=1S/C5H6FN3O3/c1-8-5(10)4(9(11)12)3(2-6)7-8/h7H,2H2,1H3. The van der Waals surface area contributed by atoms with Crippen LogP contribution in [-0.2, 0) is 13.7 Å². The molecule has 66 valence electrons. The summed E-state index contributed by atoms with van der Waals surface area (Å²) in [7, 11) is 1.29. The first-order valence-corrected chi connectivity index (χ1v) is 3.06. The number of nitrogens with one attached hydrogen (secondary N) is 1. The largest absolute Gasteiger partial charge is 0.358 e. The zero-order chi connectivity index (χ0) is 9.30. The van der Waals surface area contributed by atoms with Crippen LogP contribution in [0.2, 0.25) is 0 Å². The van der Waals surface area contributed by atoms with Crippen LogP contribution in [0, 0.1) is 10.1 Å². The predicted molar refractivity (Wildman–Crippen MR) is 37.5 cm³/mol. The van der Waals surface area contributed by atoms with E-state index in [0.717, 1.165) is 4.68 Å². The SMILES string of the molecule is Cn1[nH]c(CF)c([N+](=O)[O-])c1=O. The van der Waals surface area contributed by atoms with Gasteiger partial charge in [0.25, 0.3) is 0 Å². The van der Waals surface area contributed by atoms with Crippen molar-refractivity contribution < 1.29 is 9.31 Å². The number of aryl methyl sites for hydroxylation is 1. The molecule has 7 heteroatoms. The van der Waals surface area contributed by atoms with Gasteiger partial charge >= 0.3 is 11.2 Å². The van der Waals surface area contributed by atoms with E-state index < -0.39 is 22.8 Å². The molecule has 0 atom stereocenters. The van der Waals surface area contributed by atoms with Gasteiger partial charge in [0, 0.05) is 7.05 Å². The smallest absolute Gasteiger partial charge is 0.291 e. The first-order chi connectivity index (χ1) is 5.57. The van der Waals surface area contributed by atoms with Gasteiger partial charge in [-0.05, 0) is 0 Å². The van der Waals surface area contributed by atoms with E-state index in [1.807, 2.05) is 0 Å². The van der Waals surface area contributed by atoms with E-state index in [-0.39, 0.29) is 5.69 Å². The molecule has 1 aromatic rings. The Hall–Kier alpha value is -1.66. The van der Waals surface area contributed by atoms with E-state index >= 15 is 0 Å². The first kappa shape index (κ1) is 8.44. The Kier molecular flexibility index (Phi) is 1.94. The maximum absolute atomic E-state index is 12.1. The van der Waals surface area contributed by atoms with Crippen LogP contribution in [0.5, 0.6) is 0 Å². The van der Waals surface area contributed by atoms with Gasteiger partial charge in [-0.15, -0.1) is 0 Å². The highest BCUT2D eigenvalue weighted by Gasteiger charge is 2.22. The molecule has 6 nitrogen and oxygen atoms in total. The molecule has 0 unspecified atom stereocenters. The molecule has 0 aliphatic rings. The minimum absolute atomic E-state index is 0.299. The maximum atomic E-state index is 12.1. The Morgan fingerprint density at radius 3 is 2.67 bits per heavy atom. The van der Waals surface area contributed by atoms with E-state index in [1.165, 1.54) is 7.05 Å². The molecule has 0 saturated carbocycles. The number of nitro groups is 1. The van der Waals surface area contributed by atoms with E-state index in [9.17, 15) is 19.3 Å². The molecule has 0 aromatic carbocycles. The van der Waals surface area contributed by atoms with E-state index in [0.29, 0.717) is 0 Å². The zero-order valence-electron chi connectivity index (χ0n) is 6.20. The Labute approximate surface area is 65.7 Å². The lowest BCUT2D eigenvalue weighted by Crippen LogP contribution is -2.14. The van der Waals surface area contributed by atoms with Crippen LogP contribution in [0.4, 0.5) is 10.1 Å². The second-order valence-electron chi connectivity index (χ2n) is 2.19. The highest BCUT2D eigenvalue weighted by atomic mass is 19.1. The van der Waals surface area contributed by atoms with E-state index in [4.69, 9.17) is 0 Å². The maximum Gasteiger partial charge on any atom is 0.358 e. The lowest BCUT2D eigenvalue weighted by molar-refractivity contribution is -0.386. The molecule has 1 rings (SSSR count). The molecular formula is C5H6FN3O3. The van der Waals surface area contributed by atoms with Crippen molar-refractivity contribution in [3.8, 4) is 0 Å². The van der Waals surface area contributed by atoms with Crippen LogP contribution in [0.1, 0.15) is 5.69 Å². The number of hydrogen-bond donors (Lipinski definition) is 1. The molecule has 1 heterocycles. The quantitative estimate of drug-likeness (QED) is 0.510. The van der Waals surface area contributed by atoms with Crippen molar-refractivity contribution in [2.75, 3.05) is 0 Å². The van der Waals surface area contributed by atoms with Crippen LogP contribution >= 0.6 is 0 Å². The lowest BCUT2D eigenvalue weighted by atomic mass is 10.4. The second kappa shape index (κ2) is 2.76. The van der Waals surface area contributed by atoms with Crippen molar-refractivity contribution >= 4 is 5.69 Å². The summed E-state index contributed by atoms with van der Waals surface area (Å²) in [6.07, 6.45) is 0. The summed E-state index contributed by atoms with van der Waals surface area (Å²) in [6, 6.07) is 0. The number of aromatic nitrogens is 2. The fourth-order valence-electron chi connectivity index (χ4n) is 0.876. The minimum Gasteiger partial charge on any atom is -0.291 e. The van der Waals surface area contributed by atoms with Crippen LogP contribution < -0.4 is 5.56 Å². The highest BCUT2D eigenvalue weighted by molar-refractivity contribution is 5.31. The van der Waals surface area contributed by atoms with Gasteiger partial charge in [0.2, 0.25) is 0 Å². The topological polar surface area (TPSA) is 80.9 Å². The summed E-state index contributed by atoms with van der Waals surface area (Å²) >= 11 is 0. The summed E-state index contributed by atoms with van der Waals surface area (Å²) in [5.41, 5.74) is -1.85. The van der Waals surface area contributed by atoms with Crippen LogP contribution in [0.15, 0.2) is 4.79 Å². The van der Waals surface area contributed by atoms with Crippen molar-refractivity contribution in [3.05, 3.63) is 26.2 Å². The minimum atomic E-state index is -1.05. The van der Waals surface area contributed by atoms with Gasteiger partial charge in [-0.2, -0.15) is 0 Å². The Balaban J connectivity index is 3.41. The molecule has 0 spiro atoms. The molecule has 0 aliphatic carbocycles. The van der Waals surface area contributed by atoms with Gasteiger partial charge in [-0.25, -0.2) is 9.07 Å². The molecule has 0 radical (unpaired) electrons. The van der Waals surface area contributed by atoms with Crippen molar-refractivity contribution in [2.24, 2.45) is 7.05 Å². The molecule has 0 aliphatic heterocycles. The fraction of sp³-hybridized carbons (Fsp3) is 0.400.